The first-order valence-electron chi connectivity index (χ1n) is 20.5. The summed E-state index contributed by atoms with van der Waals surface area (Å²) in [5, 5.41) is 5.77. The highest BCUT2D eigenvalue weighted by Gasteiger charge is 2.34. The minimum atomic E-state index is -0.171. The third-order valence-corrected chi connectivity index (χ3v) is 10.8. The molecule has 4 rings (SSSR count). The average Bonchev–Trinajstić information content (AvgIpc) is 3.18. The van der Waals surface area contributed by atoms with Gasteiger partial charge in [-0.1, -0.05) is 35.9 Å². The predicted molar refractivity (Wildman–Crippen MR) is 230 cm³/mol. The van der Waals surface area contributed by atoms with Crippen LogP contribution in [0.15, 0.2) is 48.5 Å². The Bertz CT molecular complexity index is 1700. The summed E-state index contributed by atoms with van der Waals surface area (Å²) >= 11 is 6.04. The Morgan fingerprint density at radius 2 is 1.36 bits per heavy atom. The van der Waals surface area contributed by atoms with Crippen LogP contribution in [0.1, 0.15) is 66.6 Å². The summed E-state index contributed by atoms with van der Waals surface area (Å²) < 4.78 is 12.7. The first-order chi connectivity index (χ1) is 27.8. The molecule has 318 valence electrons. The van der Waals surface area contributed by atoms with E-state index in [9.17, 15) is 14.4 Å². The number of hydrogen-bond donors (Lipinski definition) is 4. The third kappa shape index (κ3) is 16.4. The highest BCUT2D eigenvalue weighted by molar-refractivity contribution is 6.31. The predicted octanol–water partition coefficient (Wildman–Crippen LogP) is 4.25. The second kappa shape index (κ2) is 23.8. The molecule has 1 fully saturated rings. The van der Waals surface area contributed by atoms with E-state index in [1.807, 2.05) is 74.4 Å². The van der Waals surface area contributed by atoms with Gasteiger partial charge in [0.05, 0.1) is 26.2 Å². The summed E-state index contributed by atoms with van der Waals surface area (Å²) in [4.78, 5) is 49.7. The summed E-state index contributed by atoms with van der Waals surface area (Å²) in [6.07, 6.45) is 8.07. The SMILES string of the molecule is CN(C)CCNC(=O)COc1cccc(CCC[N+]2(CCCc3cccc(OCC(=O)NCCN(C)C)c3)CCCC(CCCC(=O)c3nc(Cl)c(N)nc3N)C2)c1. The Kier molecular flexibility index (Phi) is 18.9. The number of quaternary nitrogens is 1. The number of nitrogens with two attached hydrogens (primary N) is 2. The van der Waals surface area contributed by atoms with Gasteiger partial charge in [0.25, 0.3) is 11.8 Å². The number of aryl methyl sites for hydroxylation is 2. The Hall–Kier alpha value is -4.50. The summed E-state index contributed by atoms with van der Waals surface area (Å²) in [7, 11) is 7.88. The number of likely N-dealkylation sites (N-methyl/N-ethyl adjacent to an activating group) is 2. The quantitative estimate of drug-likeness (QED) is 0.0710. The number of carbonyl (C=O) groups excluding carboxylic acids is 3. The molecule has 0 spiro atoms. The largest absolute Gasteiger partial charge is 0.484 e. The van der Waals surface area contributed by atoms with Gasteiger partial charge >= 0.3 is 0 Å². The topological polar surface area (TPSA) is 178 Å². The van der Waals surface area contributed by atoms with Gasteiger partial charge in [-0.15, -0.1) is 0 Å². The van der Waals surface area contributed by atoms with Gasteiger partial charge in [-0.05, 0) is 102 Å². The molecule has 1 aromatic heterocycles. The third-order valence-electron chi connectivity index (χ3n) is 10.6. The van der Waals surface area contributed by atoms with Crippen LogP contribution in [0.5, 0.6) is 11.5 Å². The number of Topliss-reactive ketones (excluding diaryl/α,β-unsaturated/α-hetero) is 1. The van der Waals surface area contributed by atoms with Gasteiger partial charge in [0.15, 0.2) is 35.8 Å². The monoisotopic (exact) mass is 822 g/mol. The number of benzene rings is 2. The molecular formula is C43H65ClN9O5+. The number of amides is 2. The summed E-state index contributed by atoms with van der Waals surface area (Å²) in [5.74, 6) is 1.47. The van der Waals surface area contributed by atoms with Crippen molar-refractivity contribution in [3.8, 4) is 11.5 Å². The second-order valence-electron chi connectivity index (χ2n) is 16.0. The number of rotatable bonds is 25. The molecule has 1 aliphatic heterocycles. The lowest BCUT2D eigenvalue weighted by atomic mass is 9.89. The molecule has 6 N–H and O–H groups in total. The molecule has 2 aromatic carbocycles. The van der Waals surface area contributed by atoms with E-state index in [0.29, 0.717) is 36.9 Å². The fourth-order valence-corrected chi connectivity index (χ4v) is 7.70. The number of ketones is 1. The van der Waals surface area contributed by atoms with Gasteiger partial charge in [-0.25, -0.2) is 9.97 Å². The molecule has 0 bridgehead atoms. The van der Waals surface area contributed by atoms with Gasteiger partial charge in [-0.2, -0.15) is 0 Å². The van der Waals surface area contributed by atoms with Crippen LogP contribution >= 0.6 is 11.6 Å². The molecule has 1 aliphatic rings. The van der Waals surface area contributed by atoms with Gasteiger partial charge < -0.3 is 45.9 Å². The molecule has 0 aliphatic carbocycles. The van der Waals surface area contributed by atoms with Crippen molar-refractivity contribution in [2.24, 2.45) is 5.92 Å². The van der Waals surface area contributed by atoms with E-state index in [-0.39, 0.29) is 53.3 Å². The van der Waals surface area contributed by atoms with Crippen LogP contribution in [-0.4, -0.2) is 136 Å². The van der Waals surface area contributed by atoms with Gasteiger partial charge in [0.1, 0.15) is 17.2 Å². The van der Waals surface area contributed by atoms with Crippen molar-refractivity contribution in [1.29, 1.82) is 0 Å². The van der Waals surface area contributed by atoms with Crippen molar-refractivity contribution < 1.29 is 28.3 Å². The lowest BCUT2D eigenvalue weighted by Crippen LogP contribution is -2.55. The van der Waals surface area contributed by atoms with Gasteiger partial charge in [0, 0.05) is 51.4 Å². The summed E-state index contributed by atoms with van der Waals surface area (Å²) in [6, 6.07) is 16.1. The molecular weight excluding hydrogens is 758 g/mol. The van der Waals surface area contributed by atoms with Gasteiger partial charge in [0.2, 0.25) is 0 Å². The van der Waals surface area contributed by atoms with Gasteiger partial charge in [-0.3, -0.25) is 14.4 Å². The Labute approximate surface area is 349 Å². The molecule has 14 nitrogen and oxygen atoms in total. The van der Waals surface area contributed by atoms with Crippen molar-refractivity contribution in [2.75, 3.05) is 105 Å². The lowest BCUT2D eigenvalue weighted by molar-refractivity contribution is -0.936. The molecule has 3 aromatic rings. The average molecular weight is 824 g/mol. The highest BCUT2D eigenvalue weighted by atomic mass is 35.5. The van der Waals surface area contributed by atoms with Crippen molar-refractivity contribution in [1.82, 2.24) is 30.4 Å². The van der Waals surface area contributed by atoms with Crippen LogP contribution in [0, 0.1) is 5.92 Å². The number of ether oxygens (including phenoxy) is 2. The zero-order valence-electron chi connectivity index (χ0n) is 34.9. The zero-order valence-corrected chi connectivity index (χ0v) is 35.7. The number of nitrogens with one attached hydrogen (secondary N) is 2. The molecule has 1 unspecified atom stereocenters. The van der Waals surface area contributed by atoms with Crippen LogP contribution in [0.25, 0.3) is 0 Å². The molecule has 0 radical (unpaired) electrons. The van der Waals surface area contributed by atoms with Crippen molar-refractivity contribution in [2.45, 2.75) is 57.8 Å². The van der Waals surface area contributed by atoms with E-state index >= 15 is 0 Å². The number of piperidine rings is 1. The molecule has 1 saturated heterocycles. The smallest absolute Gasteiger partial charge is 0.257 e. The Morgan fingerprint density at radius 3 is 1.90 bits per heavy atom. The standard InChI is InChI=1S/C43H64ClN9O5/c1-51(2)22-20-47-38(55)30-57-35-17-5-11-32(27-35)14-8-24-53(25-9-15-33-12-6-18-36(28-33)58-31-39(56)48-21-23-52(3)4)26-10-16-34(29-53)13-7-19-37(54)40-42(45)50-43(46)41(44)49-40/h5-6,11-12,17-18,27-28,34H,7-10,13-16,19-26,29-31H2,1-4H3,(H5-,45,46,47,48,50,54,55,56)/p+1. The first kappa shape index (κ1) is 46.2. The first-order valence-corrected chi connectivity index (χ1v) is 20.9. The van der Waals surface area contributed by atoms with Crippen LogP contribution in [0.4, 0.5) is 11.6 Å². The minimum absolute atomic E-state index is 0.0108. The van der Waals surface area contributed by atoms with Crippen LogP contribution < -0.4 is 31.6 Å². The second-order valence-corrected chi connectivity index (χ2v) is 16.4. The van der Waals surface area contributed by atoms with E-state index < -0.39 is 0 Å². The van der Waals surface area contributed by atoms with Crippen molar-refractivity contribution >= 4 is 40.8 Å². The maximum absolute atomic E-state index is 13.0. The highest BCUT2D eigenvalue weighted by Crippen LogP contribution is 2.30. The Balaban J connectivity index is 1.35. The number of anilines is 2. The number of halogens is 1. The number of carbonyl (C=O) groups is 3. The summed E-state index contributed by atoms with van der Waals surface area (Å²) in [6.45, 7) is 6.92. The maximum Gasteiger partial charge on any atom is 0.257 e. The molecule has 0 saturated carbocycles. The molecule has 2 heterocycles. The fourth-order valence-electron chi connectivity index (χ4n) is 7.57. The van der Waals surface area contributed by atoms with Crippen molar-refractivity contribution in [3.05, 3.63) is 70.5 Å². The summed E-state index contributed by atoms with van der Waals surface area (Å²) in [5.41, 5.74) is 14.1. The molecule has 15 heteroatoms. The van der Waals surface area contributed by atoms with Crippen LogP contribution in [0.2, 0.25) is 5.15 Å². The molecule has 58 heavy (non-hydrogen) atoms. The van der Waals surface area contributed by atoms with E-state index in [1.165, 1.54) is 11.1 Å². The number of aromatic nitrogens is 2. The zero-order chi connectivity index (χ0) is 41.9. The number of nitrogens with zero attached hydrogens (tertiary/aromatic N) is 5. The van der Waals surface area contributed by atoms with E-state index in [4.69, 9.17) is 32.5 Å². The van der Waals surface area contributed by atoms with Crippen LogP contribution in [0.3, 0.4) is 0 Å². The Morgan fingerprint density at radius 1 is 0.810 bits per heavy atom. The van der Waals surface area contributed by atoms with E-state index in [1.54, 1.807) is 0 Å². The normalized spacial score (nSPS) is 15.0. The van der Waals surface area contributed by atoms with Crippen molar-refractivity contribution in [3.63, 3.8) is 0 Å². The van der Waals surface area contributed by atoms with Crippen LogP contribution in [-0.2, 0) is 22.4 Å². The lowest BCUT2D eigenvalue weighted by Gasteiger charge is -2.45. The number of likely N-dealkylation sites (tertiary alicyclic amines) is 1. The number of hydrogen-bond acceptors (Lipinski definition) is 11. The fraction of sp³-hybridized carbons (Fsp3) is 0.558. The minimum Gasteiger partial charge on any atom is -0.484 e. The molecule has 1 atom stereocenters. The molecule has 2 amide bonds. The maximum atomic E-state index is 13.0. The van der Waals surface area contributed by atoms with E-state index in [2.05, 4.69) is 32.7 Å². The number of nitrogen functional groups attached to an aromatic ring is 2. The van der Waals surface area contributed by atoms with E-state index in [0.717, 1.165) is 95.1 Å².